The van der Waals surface area contributed by atoms with Crippen molar-refractivity contribution in [3.63, 3.8) is 0 Å². The van der Waals surface area contributed by atoms with E-state index < -0.39 is 0 Å². The van der Waals surface area contributed by atoms with Crippen molar-refractivity contribution in [2.24, 2.45) is 22.6 Å². The molecule has 0 aromatic carbocycles. The van der Waals surface area contributed by atoms with Crippen LogP contribution >= 0.6 is 0 Å². The van der Waals surface area contributed by atoms with Gasteiger partial charge in [0.05, 0.1) is 0 Å². The van der Waals surface area contributed by atoms with E-state index >= 15 is 0 Å². The zero-order chi connectivity index (χ0) is 25.8. The topological polar surface area (TPSA) is 29.3 Å². The Morgan fingerprint density at radius 1 is 0.571 bits per heavy atom. The third kappa shape index (κ3) is 19.7. The molecule has 1 aliphatic heterocycles. The van der Waals surface area contributed by atoms with E-state index in [1.165, 1.54) is 148 Å². The fourth-order valence-electron chi connectivity index (χ4n) is 6.45. The monoisotopic (exact) mass is 493 g/mol. The second-order valence-electron chi connectivity index (χ2n) is 13.9. The predicted octanol–water partition coefficient (Wildman–Crippen LogP) is 10.8. The first kappa shape index (κ1) is 32.9. The van der Waals surface area contributed by atoms with Crippen LogP contribution in [0.2, 0.25) is 0 Å². The molecule has 0 atom stereocenters. The van der Waals surface area contributed by atoms with Crippen molar-refractivity contribution in [2.45, 2.75) is 182 Å². The quantitative estimate of drug-likeness (QED) is 0.161. The maximum atomic E-state index is 5.47. The molecule has 2 heteroatoms. The van der Waals surface area contributed by atoms with Gasteiger partial charge in [0.2, 0.25) is 0 Å². The number of unbranched alkanes of at least 4 members (excludes halogenated alkanes) is 9. The molecule has 0 aromatic heterocycles. The molecule has 1 aliphatic carbocycles. The van der Waals surface area contributed by atoms with Gasteiger partial charge in [0.1, 0.15) is 0 Å². The van der Waals surface area contributed by atoms with Gasteiger partial charge in [-0.25, -0.2) is 5.01 Å². The van der Waals surface area contributed by atoms with Crippen molar-refractivity contribution < 1.29 is 0 Å². The molecule has 210 valence electrons. The van der Waals surface area contributed by atoms with Crippen LogP contribution in [0.5, 0.6) is 0 Å². The molecule has 0 spiro atoms. The van der Waals surface area contributed by atoms with Gasteiger partial charge in [0.25, 0.3) is 0 Å². The molecule has 0 bridgehead atoms. The standard InChI is InChI=1S/C28H56.C5H12N2/c1-6-7-8-9-10-11-12-13-14-18-22-27(2,3)23-19-24-28(4,5)25-26-20-16-15-17-21-26;6-7-4-2-1-3-5-7/h26H,6-25H2,1-5H3;1-6H2. The van der Waals surface area contributed by atoms with Crippen LogP contribution in [0.25, 0.3) is 0 Å². The van der Waals surface area contributed by atoms with E-state index in [9.17, 15) is 0 Å². The molecule has 2 rings (SSSR count). The fraction of sp³-hybridized carbons (Fsp3) is 1.00. The third-order valence-electron chi connectivity index (χ3n) is 8.87. The van der Waals surface area contributed by atoms with Crippen molar-refractivity contribution in [3.8, 4) is 0 Å². The number of nitrogens with two attached hydrogens (primary N) is 1. The summed E-state index contributed by atoms with van der Waals surface area (Å²) in [6.07, 6.45) is 33.2. The molecule has 2 fully saturated rings. The van der Waals surface area contributed by atoms with Crippen LogP contribution in [0.3, 0.4) is 0 Å². The Hall–Kier alpha value is -0.0800. The predicted molar refractivity (Wildman–Crippen MR) is 159 cm³/mol. The molecule has 2 N–H and O–H groups in total. The highest BCUT2D eigenvalue weighted by Gasteiger charge is 2.25. The maximum absolute atomic E-state index is 5.47. The van der Waals surface area contributed by atoms with Crippen molar-refractivity contribution in [1.82, 2.24) is 5.01 Å². The van der Waals surface area contributed by atoms with Crippen LogP contribution in [-0.4, -0.2) is 18.1 Å². The van der Waals surface area contributed by atoms with Gasteiger partial charge >= 0.3 is 0 Å². The van der Waals surface area contributed by atoms with E-state index in [4.69, 9.17) is 5.84 Å². The van der Waals surface area contributed by atoms with E-state index in [1.807, 2.05) is 5.01 Å². The Kier molecular flexibility index (Phi) is 18.8. The minimum atomic E-state index is 0.557. The van der Waals surface area contributed by atoms with Crippen LogP contribution in [0.1, 0.15) is 182 Å². The highest BCUT2D eigenvalue weighted by Crippen LogP contribution is 2.39. The lowest BCUT2D eigenvalue weighted by atomic mass is 9.73. The summed E-state index contributed by atoms with van der Waals surface area (Å²) in [7, 11) is 0. The van der Waals surface area contributed by atoms with Crippen LogP contribution in [0, 0.1) is 16.7 Å². The highest BCUT2D eigenvalue weighted by atomic mass is 15.4. The highest BCUT2D eigenvalue weighted by molar-refractivity contribution is 4.78. The number of hydrogen-bond acceptors (Lipinski definition) is 2. The van der Waals surface area contributed by atoms with Crippen molar-refractivity contribution >= 4 is 0 Å². The molecule has 1 saturated heterocycles. The largest absolute Gasteiger partial charge is 0.269 e. The zero-order valence-electron chi connectivity index (χ0n) is 25.3. The van der Waals surface area contributed by atoms with Crippen LogP contribution in [0.4, 0.5) is 0 Å². The van der Waals surface area contributed by atoms with Gasteiger partial charge in [-0.2, -0.15) is 0 Å². The van der Waals surface area contributed by atoms with Crippen LogP contribution in [0.15, 0.2) is 0 Å². The van der Waals surface area contributed by atoms with Gasteiger partial charge < -0.3 is 0 Å². The van der Waals surface area contributed by atoms with Crippen molar-refractivity contribution in [1.29, 1.82) is 0 Å². The van der Waals surface area contributed by atoms with E-state index in [0.29, 0.717) is 10.8 Å². The number of hydrazine groups is 1. The van der Waals surface area contributed by atoms with Gasteiger partial charge in [-0.05, 0) is 55.3 Å². The Balaban J connectivity index is 0.000000744. The Bertz CT molecular complexity index is 458. The molecular weight excluding hydrogens is 424 g/mol. The summed E-state index contributed by atoms with van der Waals surface area (Å²) in [5, 5.41) is 1.89. The average Bonchev–Trinajstić information content (AvgIpc) is 2.81. The first-order valence-corrected chi connectivity index (χ1v) is 16.2. The summed E-state index contributed by atoms with van der Waals surface area (Å²) in [5.74, 6) is 6.50. The number of piperidine rings is 1. The normalized spacial score (nSPS) is 18.3. The minimum Gasteiger partial charge on any atom is -0.269 e. The summed E-state index contributed by atoms with van der Waals surface area (Å²) in [6, 6.07) is 0. The lowest BCUT2D eigenvalue weighted by Gasteiger charge is -2.33. The second-order valence-corrected chi connectivity index (χ2v) is 13.9. The summed E-state index contributed by atoms with van der Waals surface area (Å²) >= 11 is 0. The van der Waals surface area contributed by atoms with E-state index in [0.717, 1.165) is 19.0 Å². The number of rotatable bonds is 17. The van der Waals surface area contributed by atoms with Gasteiger partial charge in [0.15, 0.2) is 0 Å². The summed E-state index contributed by atoms with van der Waals surface area (Å²) in [4.78, 5) is 0. The molecule has 1 heterocycles. The van der Waals surface area contributed by atoms with Crippen molar-refractivity contribution in [2.75, 3.05) is 13.1 Å². The molecule has 2 nitrogen and oxygen atoms in total. The Morgan fingerprint density at radius 3 is 1.54 bits per heavy atom. The molecule has 0 radical (unpaired) electrons. The average molecular weight is 493 g/mol. The van der Waals surface area contributed by atoms with E-state index in [-0.39, 0.29) is 0 Å². The molecular formula is C33H68N2. The van der Waals surface area contributed by atoms with E-state index in [1.54, 1.807) is 0 Å². The first-order chi connectivity index (χ1) is 16.7. The molecule has 35 heavy (non-hydrogen) atoms. The van der Waals surface area contributed by atoms with Gasteiger partial charge in [-0.1, -0.05) is 144 Å². The molecule has 2 aliphatic rings. The lowest BCUT2D eigenvalue weighted by Crippen LogP contribution is -2.35. The fourth-order valence-corrected chi connectivity index (χ4v) is 6.45. The van der Waals surface area contributed by atoms with Crippen molar-refractivity contribution in [3.05, 3.63) is 0 Å². The smallest absolute Gasteiger partial charge is 0.0128 e. The number of hydrogen-bond donors (Lipinski definition) is 1. The maximum Gasteiger partial charge on any atom is 0.0128 e. The van der Waals surface area contributed by atoms with Gasteiger partial charge in [-0.15, -0.1) is 0 Å². The summed E-state index contributed by atoms with van der Waals surface area (Å²) < 4.78 is 0. The molecule has 0 aromatic rings. The van der Waals surface area contributed by atoms with Gasteiger partial charge in [0, 0.05) is 13.1 Å². The first-order valence-electron chi connectivity index (χ1n) is 16.2. The van der Waals surface area contributed by atoms with Crippen LogP contribution < -0.4 is 5.84 Å². The van der Waals surface area contributed by atoms with Crippen LogP contribution in [-0.2, 0) is 0 Å². The Labute approximate surface area is 222 Å². The SMILES string of the molecule is CCCCCCCCCCCCC(C)(C)CCCC(C)(C)CC1CCCCC1.NN1CCCCC1. The Morgan fingerprint density at radius 2 is 1.03 bits per heavy atom. The third-order valence-corrected chi connectivity index (χ3v) is 8.87. The minimum absolute atomic E-state index is 0.557. The lowest BCUT2D eigenvalue weighted by molar-refractivity contribution is 0.190. The molecule has 0 unspecified atom stereocenters. The number of nitrogens with zero attached hydrogens (tertiary/aromatic N) is 1. The molecule has 1 saturated carbocycles. The summed E-state index contributed by atoms with van der Waals surface area (Å²) in [5.41, 5.74) is 1.12. The van der Waals surface area contributed by atoms with E-state index in [2.05, 4.69) is 34.6 Å². The van der Waals surface area contributed by atoms with Gasteiger partial charge in [-0.3, -0.25) is 5.84 Å². The second kappa shape index (κ2) is 20.0. The zero-order valence-corrected chi connectivity index (χ0v) is 25.3. The molecule has 0 amide bonds. The summed E-state index contributed by atoms with van der Waals surface area (Å²) in [6.45, 7) is 14.6.